The van der Waals surface area contributed by atoms with E-state index in [2.05, 4.69) is 30.6 Å². The van der Waals surface area contributed by atoms with Crippen LogP contribution < -0.4 is 20.1 Å². The number of hydrogen-bond acceptors (Lipinski definition) is 10. The van der Waals surface area contributed by atoms with Gasteiger partial charge in [0.1, 0.15) is 23.6 Å². The van der Waals surface area contributed by atoms with E-state index in [1.54, 1.807) is 48.5 Å². The summed E-state index contributed by atoms with van der Waals surface area (Å²) in [4.78, 5) is 33.0. The molecule has 0 bridgehead atoms. The lowest BCUT2D eigenvalue weighted by molar-refractivity contribution is 0.164. The number of rotatable bonds is 7. The Kier molecular flexibility index (Phi) is 8.54. The predicted molar refractivity (Wildman–Crippen MR) is 112 cm³/mol. The highest BCUT2D eigenvalue weighted by molar-refractivity contribution is 6.53. The fourth-order valence-electron chi connectivity index (χ4n) is 2.17. The molecule has 12 heteroatoms. The lowest BCUT2D eigenvalue weighted by Gasteiger charge is -2.08. The second-order valence-corrected chi connectivity index (χ2v) is 5.51. The van der Waals surface area contributed by atoms with E-state index in [4.69, 9.17) is 20.0 Å². The number of hydrogen-bond donors (Lipinski definition) is 2. The average molecular weight is 436 g/mol. The molecule has 0 fully saturated rings. The Morgan fingerprint density at radius 2 is 1.12 bits per heavy atom. The molecule has 32 heavy (non-hydrogen) atoms. The zero-order valence-electron chi connectivity index (χ0n) is 16.9. The van der Waals surface area contributed by atoms with Gasteiger partial charge in [0, 0.05) is 0 Å². The van der Waals surface area contributed by atoms with Crippen LogP contribution in [0.3, 0.4) is 0 Å². The van der Waals surface area contributed by atoms with Crippen LogP contribution >= 0.6 is 0 Å². The molecule has 2 rings (SSSR count). The van der Waals surface area contributed by atoms with Gasteiger partial charge in [-0.15, -0.1) is 0 Å². The van der Waals surface area contributed by atoms with Gasteiger partial charge in [-0.1, -0.05) is 34.6 Å². The first-order valence-electron chi connectivity index (χ1n) is 8.71. The molecule has 0 aliphatic heterocycles. The van der Waals surface area contributed by atoms with Crippen molar-refractivity contribution in [2.75, 3.05) is 24.9 Å². The highest BCUT2D eigenvalue weighted by Crippen LogP contribution is 2.23. The van der Waals surface area contributed by atoms with Crippen LogP contribution in [0.1, 0.15) is 0 Å². The number of ether oxygens (including phenoxy) is 2. The summed E-state index contributed by atoms with van der Waals surface area (Å²) in [6, 6.07) is 16.0. The van der Waals surface area contributed by atoms with Crippen molar-refractivity contribution in [1.82, 2.24) is 0 Å². The topological polar surface area (TPSA) is 167 Å². The summed E-state index contributed by atoms with van der Waals surface area (Å²) in [5.74, 6) is 0.727. The number of amides is 2. The largest absolute Gasteiger partial charge is 0.495 e. The zero-order valence-corrected chi connectivity index (χ0v) is 16.9. The molecule has 0 aromatic heterocycles. The molecule has 0 unspecified atom stereocenters. The molecule has 0 aliphatic carbocycles. The van der Waals surface area contributed by atoms with Crippen LogP contribution in [0.15, 0.2) is 58.8 Å². The van der Waals surface area contributed by atoms with E-state index in [1.807, 2.05) is 0 Å². The van der Waals surface area contributed by atoms with Crippen molar-refractivity contribution in [2.24, 2.45) is 10.3 Å². The van der Waals surface area contributed by atoms with Crippen LogP contribution in [0.2, 0.25) is 0 Å². The average Bonchev–Trinajstić information content (AvgIpc) is 2.81. The van der Waals surface area contributed by atoms with Gasteiger partial charge >= 0.3 is 12.2 Å². The number of benzene rings is 2. The van der Waals surface area contributed by atoms with Gasteiger partial charge in [-0.3, -0.25) is 20.3 Å². The summed E-state index contributed by atoms with van der Waals surface area (Å²) in [6.45, 7) is 0. The lowest BCUT2D eigenvalue weighted by Crippen LogP contribution is -2.18. The molecule has 2 aromatic rings. The Morgan fingerprint density at radius 1 is 0.750 bits per heavy atom. The monoisotopic (exact) mass is 436 g/mol. The smallest absolute Gasteiger partial charge is 0.437 e. The molecular weight excluding hydrogens is 420 g/mol. The minimum Gasteiger partial charge on any atom is -0.495 e. The van der Waals surface area contributed by atoms with Gasteiger partial charge in [-0.05, 0) is 24.3 Å². The molecule has 162 valence electrons. The number of anilines is 2. The van der Waals surface area contributed by atoms with Crippen molar-refractivity contribution in [3.63, 3.8) is 0 Å². The molecule has 0 saturated carbocycles. The minimum atomic E-state index is -1.06. The Morgan fingerprint density at radius 3 is 1.47 bits per heavy atom. The van der Waals surface area contributed by atoms with Gasteiger partial charge in [-0.2, -0.15) is 10.5 Å². The van der Waals surface area contributed by atoms with E-state index >= 15 is 0 Å². The standard InChI is InChI=1S/C20H16N6O6/c1-29-17-9-5-3-7-13(17)23-19(27)31-25-15(11-21)16(12-22)26-32-20(28)24-14-8-4-6-10-18(14)30-2/h3-10H,1-2H3,(H,23,27)(H,24,28)/b25-15+,26-16+. The summed E-state index contributed by atoms with van der Waals surface area (Å²) >= 11 is 0. The Hall–Kier alpha value is -5.10. The number of para-hydroxylation sites is 4. The molecule has 0 radical (unpaired) electrons. The molecule has 2 aromatic carbocycles. The molecule has 2 amide bonds. The van der Waals surface area contributed by atoms with Crippen molar-refractivity contribution in [3.05, 3.63) is 48.5 Å². The van der Waals surface area contributed by atoms with Crippen LogP contribution in [0.25, 0.3) is 0 Å². The van der Waals surface area contributed by atoms with E-state index < -0.39 is 23.6 Å². The van der Waals surface area contributed by atoms with Crippen LogP contribution in [0.5, 0.6) is 11.5 Å². The number of carbonyl (C=O) groups is 2. The number of methoxy groups -OCH3 is 2. The first kappa shape index (κ1) is 23.2. The van der Waals surface area contributed by atoms with Crippen LogP contribution in [0, 0.1) is 22.7 Å². The molecule has 12 nitrogen and oxygen atoms in total. The number of nitrogens with zero attached hydrogens (tertiary/aromatic N) is 4. The zero-order chi connectivity index (χ0) is 23.3. The third kappa shape index (κ3) is 6.47. The van der Waals surface area contributed by atoms with Crippen LogP contribution in [0.4, 0.5) is 21.0 Å². The summed E-state index contributed by atoms with van der Waals surface area (Å²) in [7, 11) is 2.83. The van der Waals surface area contributed by atoms with E-state index in [1.165, 1.54) is 26.4 Å². The van der Waals surface area contributed by atoms with Crippen molar-refractivity contribution >= 4 is 35.0 Å². The molecule has 0 saturated heterocycles. The predicted octanol–water partition coefficient (Wildman–Crippen LogP) is 3.26. The Bertz CT molecular complexity index is 1040. The molecule has 0 aliphatic rings. The summed E-state index contributed by atoms with van der Waals surface area (Å²) < 4.78 is 10.2. The molecule has 2 N–H and O–H groups in total. The van der Waals surface area contributed by atoms with Crippen molar-refractivity contribution < 1.29 is 28.7 Å². The SMILES string of the molecule is COc1ccccc1NC(=O)O/N=C(C#N)/C(C#N)=N/OC(=O)Nc1ccccc1OC. The summed E-state index contributed by atoms with van der Waals surface area (Å²) in [6.07, 6.45) is -2.12. The van der Waals surface area contributed by atoms with Crippen molar-refractivity contribution in [1.29, 1.82) is 10.5 Å². The van der Waals surface area contributed by atoms with E-state index in [9.17, 15) is 9.59 Å². The fraction of sp³-hybridized carbons (Fsp3) is 0.100. The maximum atomic E-state index is 11.9. The second-order valence-electron chi connectivity index (χ2n) is 5.51. The first-order valence-corrected chi connectivity index (χ1v) is 8.71. The van der Waals surface area contributed by atoms with Crippen molar-refractivity contribution in [2.45, 2.75) is 0 Å². The van der Waals surface area contributed by atoms with Crippen LogP contribution in [-0.2, 0) is 9.68 Å². The molecule has 0 heterocycles. The second kappa shape index (κ2) is 11.8. The Balaban J connectivity index is 2.04. The quantitative estimate of drug-likeness (QED) is 0.379. The van der Waals surface area contributed by atoms with Gasteiger partial charge < -0.3 is 9.47 Å². The normalized spacial score (nSPS) is 10.8. The van der Waals surface area contributed by atoms with E-state index in [-0.39, 0.29) is 0 Å². The number of nitrogens with one attached hydrogen (secondary N) is 2. The van der Waals surface area contributed by atoms with Crippen molar-refractivity contribution in [3.8, 4) is 23.6 Å². The van der Waals surface area contributed by atoms with Gasteiger partial charge in [0.2, 0.25) is 11.4 Å². The third-order valence-corrected chi connectivity index (χ3v) is 3.56. The summed E-state index contributed by atoms with van der Waals surface area (Å²) in [5.41, 5.74) is -0.820. The highest BCUT2D eigenvalue weighted by Gasteiger charge is 2.15. The van der Waals surface area contributed by atoms with E-state index in [0.717, 1.165) is 0 Å². The molecule has 0 spiro atoms. The number of nitriles is 2. The van der Waals surface area contributed by atoms with Gasteiger partial charge in [-0.25, -0.2) is 9.59 Å². The van der Waals surface area contributed by atoms with Gasteiger partial charge in [0.25, 0.3) is 0 Å². The third-order valence-electron chi connectivity index (χ3n) is 3.56. The van der Waals surface area contributed by atoms with Crippen LogP contribution in [-0.4, -0.2) is 37.8 Å². The highest BCUT2D eigenvalue weighted by atomic mass is 16.7. The lowest BCUT2D eigenvalue weighted by atomic mass is 10.3. The summed E-state index contributed by atoms with van der Waals surface area (Å²) in [5, 5.41) is 29.6. The maximum Gasteiger partial charge on any atom is 0.437 e. The van der Waals surface area contributed by atoms with Gasteiger partial charge in [0.15, 0.2) is 0 Å². The fourth-order valence-corrected chi connectivity index (χ4v) is 2.17. The molecular formula is C20H16N6O6. The van der Waals surface area contributed by atoms with E-state index in [0.29, 0.717) is 22.9 Å². The molecule has 0 atom stereocenters. The number of carbonyl (C=O) groups excluding carboxylic acids is 2. The number of oxime groups is 2. The minimum absolute atomic E-state index is 0.291. The Labute approximate surface area is 182 Å². The first-order chi connectivity index (χ1) is 15.5. The maximum absolute atomic E-state index is 11.9. The van der Waals surface area contributed by atoms with Gasteiger partial charge in [0.05, 0.1) is 25.6 Å².